The second kappa shape index (κ2) is 7.30. The van der Waals surface area contributed by atoms with Crippen molar-refractivity contribution >= 4 is 28.2 Å². The van der Waals surface area contributed by atoms with Crippen LogP contribution in [0.1, 0.15) is 20.0 Å². The van der Waals surface area contributed by atoms with E-state index >= 15 is 0 Å². The number of pyridine rings is 1. The Kier molecular flexibility index (Phi) is 5.39. The quantitative estimate of drug-likeness (QED) is 0.829. The zero-order valence-electron chi connectivity index (χ0n) is 12.2. The molecule has 0 aliphatic heterocycles. The Labute approximate surface area is 138 Å². The van der Waals surface area contributed by atoms with E-state index < -0.39 is 30.5 Å². The maximum atomic E-state index is 12.2. The summed E-state index contributed by atoms with van der Waals surface area (Å²) in [5.41, 5.74) is -0.158. The second-order valence-corrected chi connectivity index (χ2v) is 5.45. The Morgan fingerprint density at radius 3 is 2.71 bits per heavy atom. The maximum absolute atomic E-state index is 12.2. The maximum Gasteiger partial charge on any atom is 0.422 e. The smallest absolute Gasteiger partial charge is 0.422 e. The number of hydrogen-bond acceptors (Lipinski definition) is 6. The second-order valence-electron chi connectivity index (χ2n) is 4.37. The van der Waals surface area contributed by atoms with E-state index in [4.69, 9.17) is 0 Å². The fraction of sp³-hybridized carbons (Fsp3) is 0.214. The minimum atomic E-state index is -4.55. The van der Waals surface area contributed by atoms with Crippen molar-refractivity contribution in [2.75, 3.05) is 19.0 Å². The summed E-state index contributed by atoms with van der Waals surface area (Å²) in [7, 11) is 1.22. The van der Waals surface area contributed by atoms with Gasteiger partial charge in [-0.2, -0.15) is 13.2 Å². The van der Waals surface area contributed by atoms with Crippen molar-refractivity contribution in [3.8, 4) is 5.88 Å². The first-order valence-electron chi connectivity index (χ1n) is 6.44. The lowest BCUT2D eigenvalue weighted by atomic mass is 10.2. The summed E-state index contributed by atoms with van der Waals surface area (Å²) in [4.78, 5) is 27.4. The summed E-state index contributed by atoms with van der Waals surface area (Å²) in [5.74, 6) is -1.70. The number of esters is 1. The molecule has 0 aliphatic carbocycles. The van der Waals surface area contributed by atoms with Crippen LogP contribution in [0.3, 0.4) is 0 Å². The van der Waals surface area contributed by atoms with Crippen LogP contribution in [0, 0.1) is 0 Å². The summed E-state index contributed by atoms with van der Waals surface area (Å²) in [5, 5.41) is 2.79. The van der Waals surface area contributed by atoms with E-state index in [1.165, 1.54) is 37.6 Å². The number of carbonyl (C=O) groups is 2. The van der Waals surface area contributed by atoms with E-state index in [9.17, 15) is 22.8 Å². The lowest BCUT2D eigenvalue weighted by molar-refractivity contribution is -0.154. The van der Waals surface area contributed by atoms with E-state index in [0.29, 0.717) is 5.00 Å². The normalized spacial score (nSPS) is 11.0. The molecule has 128 valence electrons. The molecule has 2 aromatic heterocycles. The average molecular weight is 360 g/mol. The molecule has 0 unspecified atom stereocenters. The molecule has 0 bridgehead atoms. The number of nitrogens with zero attached hydrogens (tertiary/aromatic N) is 1. The minimum absolute atomic E-state index is 0.158. The van der Waals surface area contributed by atoms with Gasteiger partial charge in [0.2, 0.25) is 5.88 Å². The van der Waals surface area contributed by atoms with Crippen molar-refractivity contribution < 1.29 is 32.2 Å². The van der Waals surface area contributed by atoms with Crippen LogP contribution in [-0.2, 0) is 4.74 Å². The van der Waals surface area contributed by atoms with Gasteiger partial charge in [0.25, 0.3) is 5.91 Å². The van der Waals surface area contributed by atoms with Crippen LogP contribution < -0.4 is 10.1 Å². The van der Waals surface area contributed by atoms with Crippen molar-refractivity contribution in [2.24, 2.45) is 0 Å². The molecule has 0 saturated carbocycles. The molecule has 0 radical (unpaired) electrons. The highest BCUT2D eigenvalue weighted by atomic mass is 32.1. The Hall–Kier alpha value is -2.62. The number of carbonyl (C=O) groups excluding carboxylic acids is 2. The number of nitrogens with one attached hydrogen (secondary N) is 1. The van der Waals surface area contributed by atoms with Gasteiger partial charge in [-0.1, -0.05) is 0 Å². The number of ether oxygens (including phenoxy) is 2. The molecule has 6 nitrogen and oxygen atoms in total. The fourth-order valence-electron chi connectivity index (χ4n) is 1.62. The summed E-state index contributed by atoms with van der Waals surface area (Å²) in [6.07, 6.45) is -3.34. The molecule has 0 fully saturated rings. The first-order chi connectivity index (χ1) is 11.3. The highest BCUT2D eigenvalue weighted by molar-refractivity contribution is 7.18. The molecule has 1 amide bonds. The number of thiophene rings is 1. The third-order valence-corrected chi connectivity index (χ3v) is 3.60. The van der Waals surface area contributed by atoms with Crippen LogP contribution in [0.4, 0.5) is 18.2 Å². The zero-order chi connectivity index (χ0) is 17.7. The third-order valence-electron chi connectivity index (χ3n) is 2.62. The molecular weight excluding hydrogens is 349 g/mol. The lowest BCUT2D eigenvalue weighted by Gasteiger charge is -2.11. The summed E-state index contributed by atoms with van der Waals surface area (Å²) >= 11 is 0.964. The minimum Gasteiger partial charge on any atom is -0.467 e. The number of anilines is 1. The molecule has 2 rings (SSSR count). The van der Waals surface area contributed by atoms with E-state index in [1.54, 1.807) is 0 Å². The van der Waals surface area contributed by atoms with Crippen LogP contribution >= 0.6 is 11.3 Å². The van der Waals surface area contributed by atoms with Crippen LogP contribution in [0.25, 0.3) is 0 Å². The van der Waals surface area contributed by atoms with Crippen molar-refractivity contribution in [1.29, 1.82) is 0 Å². The largest absolute Gasteiger partial charge is 0.467 e. The van der Waals surface area contributed by atoms with E-state index in [0.717, 1.165) is 11.3 Å². The number of halogens is 3. The fourth-order valence-corrected chi connectivity index (χ4v) is 2.44. The molecule has 1 N–H and O–H groups in total. The van der Waals surface area contributed by atoms with Crippen molar-refractivity contribution in [2.45, 2.75) is 6.18 Å². The molecule has 0 aromatic carbocycles. The number of alkyl halides is 3. The molecular formula is C14H11F3N2O4S. The SMILES string of the molecule is COC(=O)c1ccc(NC(=O)c2cccnc2OCC(F)(F)F)s1. The topological polar surface area (TPSA) is 77.5 Å². The first-order valence-corrected chi connectivity index (χ1v) is 7.26. The summed E-state index contributed by atoms with van der Waals surface area (Å²) < 4.78 is 45.8. The average Bonchev–Trinajstić information content (AvgIpc) is 3.00. The molecule has 2 aromatic rings. The summed E-state index contributed by atoms with van der Waals surface area (Å²) in [6.45, 7) is -1.56. The van der Waals surface area contributed by atoms with Gasteiger partial charge in [-0.25, -0.2) is 9.78 Å². The predicted molar refractivity (Wildman–Crippen MR) is 79.4 cm³/mol. The van der Waals surface area contributed by atoms with Gasteiger partial charge in [0.1, 0.15) is 10.4 Å². The molecule has 24 heavy (non-hydrogen) atoms. The molecule has 0 aliphatic rings. The van der Waals surface area contributed by atoms with Crippen LogP contribution in [0.2, 0.25) is 0 Å². The monoisotopic (exact) mass is 360 g/mol. The van der Waals surface area contributed by atoms with Crippen molar-refractivity contribution in [3.05, 3.63) is 40.9 Å². The molecule has 0 spiro atoms. The Balaban J connectivity index is 2.12. The molecule has 10 heteroatoms. The zero-order valence-corrected chi connectivity index (χ0v) is 13.0. The number of rotatable bonds is 5. The number of methoxy groups -OCH3 is 1. The molecule has 2 heterocycles. The number of aromatic nitrogens is 1. The number of hydrogen-bond donors (Lipinski definition) is 1. The Morgan fingerprint density at radius 1 is 1.29 bits per heavy atom. The highest BCUT2D eigenvalue weighted by Crippen LogP contribution is 2.25. The van der Waals surface area contributed by atoms with Gasteiger partial charge in [-0.3, -0.25) is 4.79 Å². The summed E-state index contributed by atoms with van der Waals surface area (Å²) in [6, 6.07) is 5.60. The van der Waals surface area contributed by atoms with Crippen LogP contribution in [0.15, 0.2) is 30.5 Å². The van der Waals surface area contributed by atoms with Crippen molar-refractivity contribution in [1.82, 2.24) is 4.98 Å². The number of amides is 1. The Morgan fingerprint density at radius 2 is 2.04 bits per heavy atom. The predicted octanol–water partition coefficient (Wildman–Crippen LogP) is 3.12. The van der Waals surface area contributed by atoms with Gasteiger partial charge in [0.15, 0.2) is 6.61 Å². The van der Waals surface area contributed by atoms with Gasteiger partial charge in [0, 0.05) is 6.20 Å². The first kappa shape index (κ1) is 17.7. The van der Waals surface area contributed by atoms with Gasteiger partial charge < -0.3 is 14.8 Å². The standard InChI is InChI=1S/C14H11F3N2O4S/c1-22-13(21)9-4-5-10(24-9)19-11(20)8-3-2-6-18-12(8)23-7-14(15,16)17/h2-6H,7H2,1H3,(H,19,20). The van der Waals surface area contributed by atoms with E-state index in [1.807, 2.05) is 0 Å². The van der Waals surface area contributed by atoms with Gasteiger partial charge in [-0.05, 0) is 24.3 Å². The highest BCUT2D eigenvalue weighted by Gasteiger charge is 2.29. The Bertz CT molecular complexity index is 746. The van der Waals surface area contributed by atoms with Gasteiger partial charge in [-0.15, -0.1) is 11.3 Å². The van der Waals surface area contributed by atoms with E-state index in [-0.39, 0.29) is 10.4 Å². The van der Waals surface area contributed by atoms with Gasteiger partial charge in [0.05, 0.1) is 12.1 Å². The molecule has 0 saturated heterocycles. The molecule has 0 atom stereocenters. The van der Waals surface area contributed by atoms with Crippen molar-refractivity contribution in [3.63, 3.8) is 0 Å². The third kappa shape index (κ3) is 4.69. The van der Waals surface area contributed by atoms with Crippen LogP contribution in [-0.4, -0.2) is 36.8 Å². The van der Waals surface area contributed by atoms with E-state index in [2.05, 4.69) is 19.8 Å². The van der Waals surface area contributed by atoms with Gasteiger partial charge >= 0.3 is 12.1 Å². The lowest BCUT2D eigenvalue weighted by Crippen LogP contribution is -2.21. The van der Waals surface area contributed by atoms with Crippen LogP contribution in [0.5, 0.6) is 5.88 Å².